The van der Waals surface area contributed by atoms with Gasteiger partial charge in [0.05, 0.1) is 12.1 Å². The summed E-state index contributed by atoms with van der Waals surface area (Å²) in [7, 11) is 0. The molecule has 19 heavy (non-hydrogen) atoms. The number of aromatic nitrogens is 1. The van der Waals surface area contributed by atoms with Crippen molar-refractivity contribution in [2.75, 3.05) is 0 Å². The van der Waals surface area contributed by atoms with Gasteiger partial charge in [0, 0.05) is 12.4 Å². The fraction of sp³-hybridized carbons (Fsp3) is 0.200. The maximum absolute atomic E-state index is 11.2. The second kappa shape index (κ2) is 6.11. The van der Waals surface area contributed by atoms with Gasteiger partial charge in [0.25, 0.3) is 0 Å². The van der Waals surface area contributed by atoms with E-state index in [-0.39, 0.29) is 11.9 Å². The van der Waals surface area contributed by atoms with E-state index in [1.54, 1.807) is 19.3 Å². The average molecular weight is 255 g/mol. The Morgan fingerprint density at radius 1 is 1.11 bits per heavy atom. The van der Waals surface area contributed by atoms with Gasteiger partial charge >= 0.3 is 0 Å². The minimum atomic E-state index is -0.404. The predicted octanol–water partition coefficient (Wildman–Crippen LogP) is 1.63. The number of pyridine rings is 1. The van der Waals surface area contributed by atoms with E-state index in [9.17, 15) is 4.79 Å². The molecule has 0 fully saturated rings. The Morgan fingerprint density at radius 3 is 2.26 bits per heavy atom. The first-order valence-electron chi connectivity index (χ1n) is 6.18. The summed E-state index contributed by atoms with van der Waals surface area (Å²) in [6.45, 7) is 1.76. The summed E-state index contributed by atoms with van der Waals surface area (Å²) in [5, 5.41) is 3.25. The monoisotopic (exact) mass is 255 g/mol. The zero-order chi connectivity index (χ0) is 13.7. The highest BCUT2D eigenvalue weighted by Crippen LogP contribution is 2.21. The van der Waals surface area contributed by atoms with Gasteiger partial charge in [-0.05, 0) is 30.2 Å². The fourth-order valence-electron chi connectivity index (χ4n) is 1.92. The number of hydrogen-bond donors (Lipinski definition) is 2. The molecule has 3 N–H and O–H groups in total. The van der Waals surface area contributed by atoms with Gasteiger partial charge in [0.1, 0.15) is 0 Å². The maximum atomic E-state index is 11.2. The van der Waals surface area contributed by atoms with E-state index in [0.717, 1.165) is 11.1 Å². The van der Waals surface area contributed by atoms with Crippen molar-refractivity contribution in [3.8, 4) is 0 Å². The maximum Gasteiger partial charge on any atom is 0.234 e. The fourth-order valence-corrected chi connectivity index (χ4v) is 1.92. The molecule has 0 aliphatic rings. The number of primary amides is 1. The van der Waals surface area contributed by atoms with E-state index in [0.29, 0.717) is 0 Å². The van der Waals surface area contributed by atoms with Gasteiger partial charge in [0.2, 0.25) is 5.91 Å². The summed E-state index contributed by atoms with van der Waals surface area (Å²) in [5.41, 5.74) is 7.46. The molecule has 2 rings (SSSR count). The van der Waals surface area contributed by atoms with E-state index in [1.165, 1.54) is 0 Å². The summed E-state index contributed by atoms with van der Waals surface area (Å²) >= 11 is 0. The Balaban J connectivity index is 2.32. The van der Waals surface area contributed by atoms with Crippen LogP contribution in [0.25, 0.3) is 0 Å². The molecule has 0 aliphatic carbocycles. The lowest BCUT2D eigenvalue weighted by atomic mass is 9.99. The number of nitrogens with zero attached hydrogens (tertiary/aromatic N) is 1. The topological polar surface area (TPSA) is 68.0 Å². The number of benzene rings is 1. The van der Waals surface area contributed by atoms with Gasteiger partial charge in [-0.1, -0.05) is 30.3 Å². The molecule has 0 saturated heterocycles. The highest BCUT2D eigenvalue weighted by atomic mass is 16.1. The van der Waals surface area contributed by atoms with Crippen LogP contribution in [0, 0.1) is 0 Å². The second-order valence-electron chi connectivity index (χ2n) is 4.41. The molecular formula is C15H17N3O. The van der Waals surface area contributed by atoms with E-state index in [1.807, 2.05) is 42.5 Å². The summed E-state index contributed by atoms with van der Waals surface area (Å²) < 4.78 is 0. The van der Waals surface area contributed by atoms with Crippen molar-refractivity contribution in [1.29, 1.82) is 0 Å². The predicted molar refractivity (Wildman–Crippen MR) is 74.3 cm³/mol. The minimum absolute atomic E-state index is 0.0771. The van der Waals surface area contributed by atoms with Crippen molar-refractivity contribution in [2.45, 2.75) is 19.0 Å². The van der Waals surface area contributed by atoms with Crippen LogP contribution in [0.1, 0.15) is 24.1 Å². The van der Waals surface area contributed by atoms with Gasteiger partial charge in [0.15, 0.2) is 0 Å². The van der Waals surface area contributed by atoms with Crippen LogP contribution in [0.15, 0.2) is 54.9 Å². The van der Waals surface area contributed by atoms with Crippen molar-refractivity contribution in [1.82, 2.24) is 10.3 Å². The number of hydrogen-bond acceptors (Lipinski definition) is 3. The summed E-state index contributed by atoms with van der Waals surface area (Å²) in [6, 6.07) is 13.3. The molecule has 2 atom stereocenters. The van der Waals surface area contributed by atoms with E-state index in [4.69, 9.17) is 5.73 Å². The lowest BCUT2D eigenvalue weighted by molar-refractivity contribution is -0.119. The third-order valence-electron chi connectivity index (χ3n) is 3.02. The molecule has 4 heteroatoms. The molecule has 0 aliphatic heterocycles. The smallest absolute Gasteiger partial charge is 0.234 e. The van der Waals surface area contributed by atoms with E-state index >= 15 is 0 Å². The molecule has 1 amide bonds. The summed E-state index contributed by atoms with van der Waals surface area (Å²) in [4.78, 5) is 15.3. The number of carbonyl (C=O) groups excluding carboxylic acids is 1. The van der Waals surface area contributed by atoms with Gasteiger partial charge in [-0.2, -0.15) is 0 Å². The summed E-state index contributed by atoms with van der Waals surface area (Å²) in [5.74, 6) is -0.366. The Hall–Kier alpha value is -2.20. The molecular weight excluding hydrogens is 238 g/mol. The van der Waals surface area contributed by atoms with Crippen LogP contribution < -0.4 is 11.1 Å². The van der Waals surface area contributed by atoms with Crippen molar-refractivity contribution < 1.29 is 4.79 Å². The molecule has 4 nitrogen and oxygen atoms in total. The van der Waals surface area contributed by atoms with E-state index < -0.39 is 6.04 Å². The Bertz CT molecular complexity index is 488. The standard InChI is InChI=1S/C15H17N3O/c1-11(15(16)19)18-14(12-5-3-2-4-6-12)13-7-9-17-10-8-13/h2-11,14,18H,1H3,(H2,16,19). The van der Waals surface area contributed by atoms with Gasteiger partial charge < -0.3 is 5.73 Å². The lowest BCUT2D eigenvalue weighted by Gasteiger charge is -2.22. The van der Waals surface area contributed by atoms with Gasteiger partial charge in [-0.15, -0.1) is 0 Å². The Morgan fingerprint density at radius 2 is 1.68 bits per heavy atom. The number of nitrogens with two attached hydrogens (primary N) is 1. The molecule has 0 spiro atoms. The number of rotatable bonds is 5. The largest absolute Gasteiger partial charge is 0.368 e. The first kappa shape index (κ1) is 13.2. The van der Waals surface area contributed by atoms with Crippen LogP contribution in [0.4, 0.5) is 0 Å². The second-order valence-corrected chi connectivity index (χ2v) is 4.41. The van der Waals surface area contributed by atoms with Crippen molar-refractivity contribution in [3.63, 3.8) is 0 Å². The van der Waals surface area contributed by atoms with Crippen molar-refractivity contribution in [3.05, 3.63) is 66.0 Å². The molecule has 0 saturated carbocycles. The van der Waals surface area contributed by atoms with Crippen LogP contribution in [-0.4, -0.2) is 16.9 Å². The highest BCUT2D eigenvalue weighted by Gasteiger charge is 2.18. The SMILES string of the molecule is CC(NC(c1ccccc1)c1ccncc1)C(N)=O. The molecule has 98 valence electrons. The zero-order valence-corrected chi connectivity index (χ0v) is 10.8. The lowest BCUT2D eigenvalue weighted by Crippen LogP contribution is -2.41. The normalized spacial score (nSPS) is 13.7. The highest BCUT2D eigenvalue weighted by molar-refractivity contribution is 5.79. The van der Waals surface area contributed by atoms with E-state index in [2.05, 4.69) is 10.3 Å². The van der Waals surface area contributed by atoms with Crippen LogP contribution in [0.3, 0.4) is 0 Å². The Labute approximate surface area is 112 Å². The average Bonchev–Trinajstić information content (AvgIpc) is 2.46. The van der Waals surface area contributed by atoms with Crippen LogP contribution >= 0.6 is 0 Å². The van der Waals surface area contributed by atoms with Crippen LogP contribution in [0.2, 0.25) is 0 Å². The van der Waals surface area contributed by atoms with Gasteiger partial charge in [-0.3, -0.25) is 15.1 Å². The molecule has 1 aromatic carbocycles. The van der Waals surface area contributed by atoms with Crippen molar-refractivity contribution >= 4 is 5.91 Å². The number of amides is 1. The molecule has 2 aromatic rings. The number of nitrogens with one attached hydrogen (secondary N) is 1. The minimum Gasteiger partial charge on any atom is -0.368 e. The van der Waals surface area contributed by atoms with Crippen LogP contribution in [0.5, 0.6) is 0 Å². The summed E-state index contributed by atoms with van der Waals surface area (Å²) in [6.07, 6.45) is 3.48. The molecule has 1 heterocycles. The molecule has 2 unspecified atom stereocenters. The molecule has 0 bridgehead atoms. The first-order chi connectivity index (χ1) is 9.18. The zero-order valence-electron chi connectivity index (χ0n) is 10.8. The first-order valence-corrected chi connectivity index (χ1v) is 6.18. The number of carbonyl (C=O) groups is 1. The Kier molecular flexibility index (Phi) is 4.26. The quantitative estimate of drug-likeness (QED) is 0.853. The third-order valence-corrected chi connectivity index (χ3v) is 3.02. The van der Waals surface area contributed by atoms with Gasteiger partial charge in [-0.25, -0.2) is 0 Å². The molecule has 1 aromatic heterocycles. The van der Waals surface area contributed by atoms with Crippen LogP contribution in [-0.2, 0) is 4.79 Å². The third kappa shape index (κ3) is 3.39. The molecule has 0 radical (unpaired) electrons. The van der Waals surface area contributed by atoms with Crippen molar-refractivity contribution in [2.24, 2.45) is 5.73 Å².